The molecule has 6 heteroatoms. The molecule has 1 aromatic carbocycles. The number of amides is 1. The molecule has 0 aliphatic carbocycles. The Balaban J connectivity index is 2.02. The molecule has 0 aliphatic heterocycles. The number of carbonyl (C=O) groups is 1. The van der Waals surface area contributed by atoms with Gasteiger partial charge in [-0.3, -0.25) is 4.79 Å². The summed E-state index contributed by atoms with van der Waals surface area (Å²) in [5, 5.41) is 8.57. The van der Waals surface area contributed by atoms with Crippen LogP contribution in [0.25, 0.3) is 6.08 Å². The Labute approximate surface area is 146 Å². The summed E-state index contributed by atoms with van der Waals surface area (Å²) < 4.78 is 16.0. The lowest BCUT2D eigenvalue weighted by Gasteiger charge is -2.13. The summed E-state index contributed by atoms with van der Waals surface area (Å²) >= 11 is 0. The molecule has 6 nitrogen and oxygen atoms in total. The molecule has 0 bridgehead atoms. The van der Waals surface area contributed by atoms with Crippen molar-refractivity contribution in [2.24, 2.45) is 0 Å². The monoisotopic (exact) mass is 340 g/mol. The molecule has 0 fully saturated rings. The van der Waals surface area contributed by atoms with Crippen molar-refractivity contribution in [2.45, 2.75) is 13.5 Å². The van der Waals surface area contributed by atoms with Crippen LogP contribution in [0.3, 0.4) is 0 Å². The first-order chi connectivity index (χ1) is 12.0. The first-order valence-corrected chi connectivity index (χ1v) is 7.69. The third kappa shape index (κ3) is 5.15. The fraction of sp³-hybridized carbons (Fsp3) is 0.263. The van der Waals surface area contributed by atoms with Crippen LogP contribution in [0.1, 0.15) is 17.1 Å². The van der Waals surface area contributed by atoms with Crippen molar-refractivity contribution in [3.8, 4) is 17.6 Å². The first-order valence-electron chi connectivity index (χ1n) is 7.69. The minimum absolute atomic E-state index is 0.0545. The van der Waals surface area contributed by atoms with E-state index in [1.807, 2.05) is 25.1 Å². The molecule has 1 heterocycles. The Morgan fingerprint density at radius 1 is 1.32 bits per heavy atom. The molecule has 0 radical (unpaired) electrons. The van der Waals surface area contributed by atoms with Gasteiger partial charge in [-0.05, 0) is 42.8 Å². The summed E-state index contributed by atoms with van der Waals surface area (Å²) in [7, 11) is 3.23. The number of nitrogens with zero attached hydrogens (tertiary/aromatic N) is 2. The topological polar surface area (TPSA) is 75.7 Å². The number of hydrogen-bond donors (Lipinski definition) is 0. The van der Waals surface area contributed by atoms with E-state index in [4.69, 9.17) is 19.2 Å². The zero-order valence-corrected chi connectivity index (χ0v) is 14.5. The van der Waals surface area contributed by atoms with E-state index >= 15 is 0 Å². The Morgan fingerprint density at radius 2 is 2.12 bits per heavy atom. The molecule has 1 aromatic heterocycles. The van der Waals surface area contributed by atoms with Crippen LogP contribution in [-0.2, 0) is 11.3 Å². The van der Waals surface area contributed by atoms with Gasteiger partial charge in [0, 0.05) is 13.1 Å². The van der Waals surface area contributed by atoms with Crippen LogP contribution >= 0.6 is 0 Å². The second-order valence-electron chi connectivity index (χ2n) is 5.40. The number of likely N-dealkylation sites (N-methyl/N-ethyl adjacent to an activating group) is 1. The van der Waals surface area contributed by atoms with Crippen LogP contribution in [-0.4, -0.2) is 31.6 Å². The van der Waals surface area contributed by atoms with Crippen molar-refractivity contribution in [1.82, 2.24) is 4.90 Å². The lowest BCUT2D eigenvalue weighted by atomic mass is 10.2. The van der Waals surface area contributed by atoms with Crippen LogP contribution in [0.5, 0.6) is 11.5 Å². The van der Waals surface area contributed by atoms with Crippen molar-refractivity contribution in [3.63, 3.8) is 0 Å². The average molecular weight is 340 g/mol. The minimum Gasteiger partial charge on any atom is -0.493 e. The summed E-state index contributed by atoms with van der Waals surface area (Å²) in [6.07, 6.45) is 3.18. The zero-order chi connectivity index (χ0) is 18.2. The summed E-state index contributed by atoms with van der Waals surface area (Å²) in [6.45, 7) is 2.21. The normalized spacial score (nSPS) is 10.5. The molecule has 0 N–H and O–H groups in total. The summed E-state index contributed by atoms with van der Waals surface area (Å²) in [5.74, 6) is 2.40. The highest BCUT2D eigenvalue weighted by atomic mass is 16.5. The first kappa shape index (κ1) is 18.1. The number of nitriles is 1. The van der Waals surface area contributed by atoms with Gasteiger partial charge in [0.2, 0.25) is 5.91 Å². The summed E-state index contributed by atoms with van der Waals surface area (Å²) in [5.41, 5.74) is 0.789. The molecule has 0 saturated heterocycles. The van der Waals surface area contributed by atoms with E-state index in [0.29, 0.717) is 18.0 Å². The van der Waals surface area contributed by atoms with E-state index in [0.717, 1.165) is 17.1 Å². The highest BCUT2D eigenvalue weighted by Crippen LogP contribution is 2.28. The molecule has 0 atom stereocenters. The molecule has 2 aromatic rings. The van der Waals surface area contributed by atoms with E-state index in [-0.39, 0.29) is 12.5 Å². The van der Waals surface area contributed by atoms with Gasteiger partial charge in [0.15, 0.2) is 18.1 Å². The number of benzene rings is 1. The van der Waals surface area contributed by atoms with Crippen LogP contribution in [0.4, 0.5) is 0 Å². The molecular weight excluding hydrogens is 320 g/mol. The van der Waals surface area contributed by atoms with E-state index in [1.54, 1.807) is 36.2 Å². The molecule has 25 heavy (non-hydrogen) atoms. The number of rotatable bonds is 7. The molecule has 130 valence electrons. The quantitative estimate of drug-likeness (QED) is 0.724. The van der Waals surface area contributed by atoms with Crippen molar-refractivity contribution in [1.29, 1.82) is 5.26 Å². The minimum atomic E-state index is -0.141. The third-order valence-corrected chi connectivity index (χ3v) is 3.46. The van der Waals surface area contributed by atoms with Gasteiger partial charge in [-0.2, -0.15) is 5.26 Å². The van der Waals surface area contributed by atoms with Crippen LogP contribution in [0.2, 0.25) is 0 Å². The third-order valence-electron chi connectivity index (χ3n) is 3.46. The fourth-order valence-corrected chi connectivity index (χ4v) is 2.19. The van der Waals surface area contributed by atoms with E-state index in [2.05, 4.69) is 0 Å². The van der Waals surface area contributed by atoms with Gasteiger partial charge in [0.05, 0.1) is 13.7 Å². The fourth-order valence-electron chi connectivity index (χ4n) is 2.19. The highest BCUT2D eigenvalue weighted by Gasteiger charge is 2.09. The molecular formula is C19H20N2O4. The predicted molar refractivity (Wildman–Crippen MR) is 93.1 cm³/mol. The Hall–Kier alpha value is -3.20. The number of furan rings is 1. The average Bonchev–Trinajstić information content (AvgIpc) is 3.02. The Kier molecular flexibility index (Phi) is 6.24. The molecule has 0 aliphatic rings. The lowest BCUT2D eigenvalue weighted by molar-refractivity contribution is -0.125. The van der Waals surface area contributed by atoms with E-state index in [9.17, 15) is 4.79 Å². The van der Waals surface area contributed by atoms with Gasteiger partial charge in [0.1, 0.15) is 17.6 Å². The molecule has 2 rings (SSSR count). The van der Waals surface area contributed by atoms with Gasteiger partial charge in [-0.1, -0.05) is 6.07 Å². The largest absolute Gasteiger partial charge is 0.493 e. The van der Waals surface area contributed by atoms with Crippen molar-refractivity contribution >= 4 is 12.0 Å². The van der Waals surface area contributed by atoms with Gasteiger partial charge < -0.3 is 18.8 Å². The summed E-state index contributed by atoms with van der Waals surface area (Å²) in [4.78, 5) is 13.8. The molecule has 0 saturated carbocycles. The lowest BCUT2D eigenvalue weighted by Crippen LogP contribution is -2.23. The van der Waals surface area contributed by atoms with Crippen molar-refractivity contribution in [2.75, 3.05) is 20.8 Å². The molecule has 0 unspecified atom stereocenters. The van der Waals surface area contributed by atoms with Crippen molar-refractivity contribution in [3.05, 3.63) is 53.5 Å². The van der Waals surface area contributed by atoms with E-state index < -0.39 is 0 Å². The number of methoxy groups -OCH3 is 1. The highest BCUT2D eigenvalue weighted by molar-refractivity contribution is 5.91. The maximum Gasteiger partial charge on any atom is 0.246 e. The number of hydrogen-bond acceptors (Lipinski definition) is 5. The molecule has 0 spiro atoms. The number of ether oxygens (including phenoxy) is 2. The predicted octanol–water partition coefficient (Wildman–Crippen LogP) is 3.17. The maximum absolute atomic E-state index is 12.2. The van der Waals surface area contributed by atoms with Gasteiger partial charge in [0.25, 0.3) is 0 Å². The second kappa shape index (κ2) is 8.60. The number of aryl methyl sites for hydroxylation is 1. The van der Waals surface area contributed by atoms with Crippen molar-refractivity contribution < 1.29 is 18.7 Å². The van der Waals surface area contributed by atoms with E-state index in [1.165, 1.54) is 13.2 Å². The standard InChI is InChI=1S/C19H20N2O4/c1-14-4-7-16(25-14)13-21(2)19(22)9-6-15-5-8-17(24-11-10-20)18(12-15)23-3/h4-9,12H,11,13H2,1-3H3/b9-6+. The zero-order valence-electron chi connectivity index (χ0n) is 14.5. The molecule has 1 amide bonds. The smallest absolute Gasteiger partial charge is 0.246 e. The van der Waals surface area contributed by atoms with Gasteiger partial charge >= 0.3 is 0 Å². The van der Waals surface area contributed by atoms with Crippen LogP contribution in [0.15, 0.2) is 40.8 Å². The maximum atomic E-state index is 12.2. The Morgan fingerprint density at radius 3 is 2.76 bits per heavy atom. The summed E-state index contributed by atoms with van der Waals surface area (Å²) in [6, 6.07) is 10.9. The van der Waals surface area contributed by atoms with Crippen LogP contribution < -0.4 is 9.47 Å². The van der Waals surface area contributed by atoms with Gasteiger partial charge in [-0.15, -0.1) is 0 Å². The number of carbonyl (C=O) groups excluding carboxylic acids is 1. The SMILES string of the molecule is COc1cc(/C=C/C(=O)N(C)Cc2ccc(C)o2)ccc1OCC#N. The second-order valence-corrected chi connectivity index (χ2v) is 5.40. The van der Waals surface area contributed by atoms with Crippen LogP contribution in [0, 0.1) is 18.3 Å². The van der Waals surface area contributed by atoms with Gasteiger partial charge in [-0.25, -0.2) is 0 Å². The Bertz CT molecular complexity index is 802.